The second kappa shape index (κ2) is 10.5. The maximum atomic E-state index is 6.02. The molecule has 0 radical (unpaired) electrons. The van der Waals surface area contributed by atoms with Gasteiger partial charge in [0.25, 0.3) is 0 Å². The number of nitrogens with zero attached hydrogens (tertiary/aromatic N) is 3. The quantitative estimate of drug-likeness (QED) is 0.328. The van der Waals surface area contributed by atoms with E-state index in [0.29, 0.717) is 0 Å². The lowest BCUT2D eigenvalue weighted by Crippen LogP contribution is -2.21. The van der Waals surface area contributed by atoms with E-state index in [9.17, 15) is 0 Å². The third-order valence-corrected chi connectivity index (χ3v) is 6.73. The number of benzene rings is 2. The average Bonchev–Trinajstić information content (AvgIpc) is 3.52. The van der Waals surface area contributed by atoms with Crippen LogP contribution in [0.1, 0.15) is 38.5 Å². The number of fused-ring (bicyclic) bond motifs is 2. The lowest BCUT2D eigenvalue weighted by molar-refractivity contribution is 0.263. The van der Waals surface area contributed by atoms with Crippen LogP contribution in [0.3, 0.4) is 0 Å². The van der Waals surface area contributed by atoms with E-state index in [4.69, 9.17) is 14.5 Å². The average molecular weight is 434 g/mol. The molecule has 0 spiro atoms. The number of aromatic nitrogens is 1. The summed E-state index contributed by atoms with van der Waals surface area (Å²) in [6, 6.07) is 14.7. The number of rotatable bonds is 10. The van der Waals surface area contributed by atoms with Crippen molar-refractivity contribution in [1.82, 2.24) is 14.8 Å². The summed E-state index contributed by atoms with van der Waals surface area (Å²) in [4.78, 5) is 9.97. The Morgan fingerprint density at radius 3 is 1.56 bits per heavy atom. The van der Waals surface area contributed by atoms with Crippen molar-refractivity contribution in [2.45, 2.75) is 38.5 Å². The van der Waals surface area contributed by atoms with E-state index in [1.165, 1.54) is 51.9 Å². The molecule has 2 aliphatic heterocycles. The maximum absolute atomic E-state index is 6.02. The largest absolute Gasteiger partial charge is 0.493 e. The van der Waals surface area contributed by atoms with Gasteiger partial charge in [-0.05, 0) is 95.0 Å². The third kappa shape index (κ3) is 5.51. The molecule has 5 rings (SSSR count). The fourth-order valence-electron chi connectivity index (χ4n) is 4.93. The molecular weight excluding hydrogens is 398 g/mol. The lowest BCUT2D eigenvalue weighted by Gasteiger charge is -2.15. The minimum atomic E-state index is 0.755. The minimum absolute atomic E-state index is 0.755. The molecule has 3 heterocycles. The van der Waals surface area contributed by atoms with Gasteiger partial charge in [-0.15, -0.1) is 0 Å². The molecule has 2 aliphatic rings. The molecule has 5 heteroatoms. The molecule has 0 atom stereocenters. The predicted octanol–water partition coefficient (Wildman–Crippen LogP) is 5.12. The van der Waals surface area contributed by atoms with Gasteiger partial charge >= 0.3 is 0 Å². The zero-order valence-electron chi connectivity index (χ0n) is 19.1. The van der Waals surface area contributed by atoms with Gasteiger partial charge in [-0.1, -0.05) is 0 Å². The molecule has 0 saturated carbocycles. The standard InChI is InChI=1S/C27H35N3O2/c1-2-12-29(11-1)15-5-17-31-24-9-7-22-19-23-8-10-25(21-27(23)28-26(22)20-24)32-18-6-16-30-13-3-4-14-30/h7-10,19-21H,1-6,11-18H2. The first-order valence-corrected chi connectivity index (χ1v) is 12.4. The van der Waals surface area contributed by atoms with E-state index in [-0.39, 0.29) is 0 Å². The first kappa shape index (κ1) is 21.5. The van der Waals surface area contributed by atoms with Crippen molar-refractivity contribution in [1.29, 1.82) is 0 Å². The van der Waals surface area contributed by atoms with Crippen LogP contribution in [0.5, 0.6) is 11.5 Å². The van der Waals surface area contributed by atoms with Crippen molar-refractivity contribution >= 4 is 21.8 Å². The third-order valence-electron chi connectivity index (χ3n) is 6.73. The van der Waals surface area contributed by atoms with Gasteiger partial charge in [0, 0.05) is 36.0 Å². The molecule has 0 bridgehead atoms. The predicted molar refractivity (Wildman–Crippen MR) is 131 cm³/mol. The number of likely N-dealkylation sites (tertiary alicyclic amines) is 2. The molecule has 0 aliphatic carbocycles. The Hall–Kier alpha value is -2.37. The van der Waals surface area contributed by atoms with E-state index in [2.05, 4.69) is 52.3 Å². The normalized spacial score (nSPS) is 17.5. The first-order valence-electron chi connectivity index (χ1n) is 12.4. The molecule has 0 N–H and O–H groups in total. The maximum Gasteiger partial charge on any atom is 0.121 e. The highest BCUT2D eigenvalue weighted by molar-refractivity contribution is 5.93. The second-order valence-corrected chi connectivity index (χ2v) is 9.20. The zero-order valence-corrected chi connectivity index (χ0v) is 19.1. The molecule has 0 amide bonds. The van der Waals surface area contributed by atoms with Crippen LogP contribution in [-0.4, -0.2) is 67.3 Å². The molecule has 170 valence electrons. The molecule has 2 fully saturated rings. The highest BCUT2D eigenvalue weighted by Crippen LogP contribution is 2.26. The zero-order chi connectivity index (χ0) is 21.6. The van der Waals surface area contributed by atoms with Crippen LogP contribution >= 0.6 is 0 Å². The highest BCUT2D eigenvalue weighted by Gasteiger charge is 2.11. The summed E-state index contributed by atoms with van der Waals surface area (Å²) in [6.07, 6.45) is 7.52. The Morgan fingerprint density at radius 1 is 0.625 bits per heavy atom. The van der Waals surface area contributed by atoms with E-state index in [1.54, 1.807) is 0 Å². The lowest BCUT2D eigenvalue weighted by atomic mass is 10.1. The van der Waals surface area contributed by atoms with Crippen molar-refractivity contribution in [3.05, 3.63) is 42.5 Å². The van der Waals surface area contributed by atoms with E-state index < -0.39 is 0 Å². The second-order valence-electron chi connectivity index (χ2n) is 9.20. The Balaban J connectivity index is 1.18. The minimum Gasteiger partial charge on any atom is -0.493 e. The van der Waals surface area contributed by atoms with E-state index >= 15 is 0 Å². The van der Waals surface area contributed by atoms with E-state index in [0.717, 1.165) is 72.4 Å². The molecule has 2 aromatic carbocycles. The number of hydrogen-bond acceptors (Lipinski definition) is 5. The Labute approximate surface area is 191 Å². The Kier molecular flexibility index (Phi) is 7.04. The van der Waals surface area contributed by atoms with Crippen LogP contribution in [0.15, 0.2) is 42.5 Å². The number of pyridine rings is 1. The molecule has 1 aromatic heterocycles. The van der Waals surface area contributed by atoms with Crippen LogP contribution in [0.25, 0.3) is 21.8 Å². The molecule has 2 saturated heterocycles. The summed E-state index contributed by atoms with van der Waals surface area (Å²) in [5.41, 5.74) is 1.95. The summed E-state index contributed by atoms with van der Waals surface area (Å²) < 4.78 is 12.0. The topological polar surface area (TPSA) is 37.8 Å². The van der Waals surface area contributed by atoms with Gasteiger partial charge in [0.1, 0.15) is 11.5 Å². The van der Waals surface area contributed by atoms with Gasteiger partial charge in [0.2, 0.25) is 0 Å². The van der Waals surface area contributed by atoms with E-state index in [1.807, 2.05) is 0 Å². The van der Waals surface area contributed by atoms with Gasteiger partial charge < -0.3 is 19.3 Å². The van der Waals surface area contributed by atoms with Gasteiger partial charge in [0.05, 0.1) is 24.2 Å². The molecule has 0 unspecified atom stereocenters. The number of hydrogen-bond donors (Lipinski definition) is 0. The van der Waals surface area contributed by atoms with Gasteiger partial charge in [0.15, 0.2) is 0 Å². The van der Waals surface area contributed by atoms with Crippen LogP contribution in [0.4, 0.5) is 0 Å². The monoisotopic (exact) mass is 433 g/mol. The molecule has 32 heavy (non-hydrogen) atoms. The summed E-state index contributed by atoms with van der Waals surface area (Å²) in [7, 11) is 0. The fraction of sp³-hybridized carbons (Fsp3) is 0.519. The Morgan fingerprint density at radius 2 is 1.09 bits per heavy atom. The Bertz CT molecular complexity index is 947. The summed E-state index contributed by atoms with van der Waals surface area (Å²) in [5, 5.41) is 2.28. The molecule has 5 nitrogen and oxygen atoms in total. The highest BCUT2D eigenvalue weighted by atomic mass is 16.5. The summed E-state index contributed by atoms with van der Waals surface area (Å²) >= 11 is 0. The SMILES string of the molecule is c1cc2cc3ccc(OCCCN4CCCC4)cc3nc2cc1OCCCN1CCCC1. The van der Waals surface area contributed by atoms with Gasteiger partial charge in [-0.3, -0.25) is 0 Å². The molecule has 3 aromatic rings. The van der Waals surface area contributed by atoms with Gasteiger partial charge in [-0.25, -0.2) is 4.98 Å². The van der Waals surface area contributed by atoms with Crippen LogP contribution in [0.2, 0.25) is 0 Å². The van der Waals surface area contributed by atoms with Crippen LogP contribution in [-0.2, 0) is 0 Å². The first-order chi connectivity index (χ1) is 15.8. The summed E-state index contributed by atoms with van der Waals surface area (Å²) in [6.45, 7) is 8.77. The van der Waals surface area contributed by atoms with Crippen molar-refractivity contribution in [2.24, 2.45) is 0 Å². The van der Waals surface area contributed by atoms with Crippen molar-refractivity contribution in [3.63, 3.8) is 0 Å². The van der Waals surface area contributed by atoms with Crippen LogP contribution in [0, 0.1) is 0 Å². The van der Waals surface area contributed by atoms with Crippen molar-refractivity contribution in [2.75, 3.05) is 52.5 Å². The van der Waals surface area contributed by atoms with Crippen molar-refractivity contribution in [3.8, 4) is 11.5 Å². The van der Waals surface area contributed by atoms with Gasteiger partial charge in [-0.2, -0.15) is 0 Å². The smallest absolute Gasteiger partial charge is 0.121 e. The summed E-state index contributed by atoms with van der Waals surface area (Å²) in [5.74, 6) is 1.81. The fourth-order valence-corrected chi connectivity index (χ4v) is 4.93. The number of ether oxygens (including phenoxy) is 2. The van der Waals surface area contributed by atoms with Crippen molar-refractivity contribution < 1.29 is 9.47 Å². The molecular formula is C27H35N3O2. The van der Waals surface area contributed by atoms with Crippen LogP contribution < -0.4 is 9.47 Å².